The third-order valence-corrected chi connectivity index (χ3v) is 10.1. The molecule has 35 heavy (non-hydrogen) atoms. The van der Waals surface area contributed by atoms with Gasteiger partial charge in [0.2, 0.25) is 11.8 Å². The molecule has 5 unspecified atom stereocenters. The van der Waals surface area contributed by atoms with Crippen LogP contribution >= 0.6 is 11.3 Å². The number of nitrogens with zero attached hydrogens (tertiary/aromatic N) is 1. The van der Waals surface area contributed by atoms with E-state index in [2.05, 4.69) is 17.6 Å². The molecule has 1 aromatic heterocycles. The molecule has 1 heterocycles. The lowest BCUT2D eigenvalue weighted by molar-refractivity contribution is -0.143. The zero-order valence-electron chi connectivity index (χ0n) is 20.4. The Balaban J connectivity index is 1.48. The number of aliphatic hydroxyl groups is 2. The summed E-state index contributed by atoms with van der Waals surface area (Å²) in [6, 6.07) is 9.42. The second kappa shape index (κ2) is 9.30. The van der Waals surface area contributed by atoms with Crippen LogP contribution in [0.3, 0.4) is 0 Å². The van der Waals surface area contributed by atoms with Crippen LogP contribution in [0, 0.1) is 22.7 Å². The largest absolute Gasteiger partial charge is 0.396 e. The number of amides is 2. The fourth-order valence-corrected chi connectivity index (χ4v) is 7.57. The van der Waals surface area contributed by atoms with E-state index in [1.807, 2.05) is 37.3 Å². The molecule has 188 valence electrons. The van der Waals surface area contributed by atoms with Crippen LogP contribution in [0.5, 0.6) is 0 Å². The molecule has 0 radical (unpaired) electrons. The van der Waals surface area contributed by atoms with Gasteiger partial charge in [0.25, 0.3) is 0 Å². The number of thiazole rings is 1. The third-order valence-electron chi connectivity index (χ3n) is 9.05. The first-order chi connectivity index (χ1) is 16.7. The number of aromatic nitrogens is 1. The fourth-order valence-electron chi connectivity index (χ4n) is 6.50. The Morgan fingerprint density at radius 3 is 2.54 bits per heavy atom. The molecule has 1 aromatic carbocycles. The van der Waals surface area contributed by atoms with E-state index in [1.54, 1.807) is 0 Å². The SMILES string of the molecule is CC1(CO)C(O)CCC2(C)C(CC(=O)Nc3ccccc3)c3nc(NC(=O)C4CCC4)sc3CC12. The van der Waals surface area contributed by atoms with Crippen molar-refractivity contribution in [2.45, 2.75) is 70.8 Å². The van der Waals surface area contributed by atoms with Crippen LogP contribution in [0.15, 0.2) is 30.3 Å². The maximum absolute atomic E-state index is 13.2. The highest BCUT2D eigenvalue weighted by Crippen LogP contribution is 2.62. The van der Waals surface area contributed by atoms with Crippen molar-refractivity contribution < 1.29 is 19.8 Å². The number of benzene rings is 1. The molecule has 0 saturated heterocycles. The standard InChI is InChI=1S/C27H35N3O4S/c1-26-12-11-21(32)27(2,15-31)20(26)14-19-23(29-25(35-19)30-24(34)16-7-6-8-16)18(26)13-22(33)28-17-9-4-3-5-10-17/h3-5,9-10,16,18,20-21,31-32H,6-8,11-15H2,1-2H3,(H,28,33)(H,29,30,34). The molecule has 2 fully saturated rings. The number of anilines is 2. The smallest absolute Gasteiger partial charge is 0.229 e. The Morgan fingerprint density at radius 1 is 1.14 bits per heavy atom. The Morgan fingerprint density at radius 2 is 1.89 bits per heavy atom. The first-order valence-electron chi connectivity index (χ1n) is 12.7. The molecule has 0 bridgehead atoms. The normalized spacial score (nSPS) is 32.2. The number of para-hydroxylation sites is 1. The van der Waals surface area contributed by atoms with Gasteiger partial charge >= 0.3 is 0 Å². The highest BCUT2D eigenvalue weighted by atomic mass is 32.1. The summed E-state index contributed by atoms with van der Waals surface area (Å²) in [7, 11) is 0. The number of rotatable bonds is 6. The summed E-state index contributed by atoms with van der Waals surface area (Å²) in [5.41, 5.74) is 0.651. The Kier molecular flexibility index (Phi) is 6.48. The van der Waals surface area contributed by atoms with Gasteiger partial charge in [0, 0.05) is 34.2 Å². The molecular formula is C27H35N3O4S. The summed E-state index contributed by atoms with van der Waals surface area (Å²) < 4.78 is 0. The molecule has 2 amide bonds. The zero-order chi connectivity index (χ0) is 24.8. The van der Waals surface area contributed by atoms with Gasteiger partial charge in [-0.3, -0.25) is 9.59 Å². The third kappa shape index (κ3) is 4.30. The zero-order valence-corrected chi connectivity index (χ0v) is 21.2. The van der Waals surface area contributed by atoms with Gasteiger partial charge in [-0.1, -0.05) is 38.5 Å². The molecule has 0 spiro atoms. The summed E-state index contributed by atoms with van der Waals surface area (Å²) in [5, 5.41) is 27.9. The summed E-state index contributed by atoms with van der Waals surface area (Å²) in [6.07, 6.45) is 4.59. The maximum Gasteiger partial charge on any atom is 0.229 e. The maximum atomic E-state index is 13.2. The van der Waals surface area contributed by atoms with Crippen molar-refractivity contribution in [3.63, 3.8) is 0 Å². The fraction of sp³-hybridized carbons (Fsp3) is 0.593. The van der Waals surface area contributed by atoms with Gasteiger partial charge in [0.05, 0.1) is 18.4 Å². The molecule has 2 saturated carbocycles. The van der Waals surface area contributed by atoms with E-state index in [-0.39, 0.29) is 48.0 Å². The predicted molar refractivity (Wildman–Crippen MR) is 136 cm³/mol. The molecule has 7 nitrogen and oxygen atoms in total. The molecule has 8 heteroatoms. The van der Waals surface area contributed by atoms with Gasteiger partial charge in [0.1, 0.15) is 0 Å². The highest BCUT2D eigenvalue weighted by molar-refractivity contribution is 7.15. The molecule has 5 atom stereocenters. The number of hydrogen-bond acceptors (Lipinski definition) is 6. The van der Waals surface area contributed by atoms with Crippen LogP contribution in [-0.2, 0) is 16.0 Å². The average molecular weight is 498 g/mol. The summed E-state index contributed by atoms with van der Waals surface area (Å²) in [5.74, 6) is -0.180. The van der Waals surface area contributed by atoms with Crippen molar-refractivity contribution in [2.75, 3.05) is 17.2 Å². The second-order valence-electron chi connectivity index (χ2n) is 11.1. The first kappa shape index (κ1) is 24.4. The minimum absolute atomic E-state index is 0.0126. The lowest BCUT2D eigenvalue weighted by Gasteiger charge is -2.58. The van der Waals surface area contributed by atoms with Crippen molar-refractivity contribution in [3.8, 4) is 0 Å². The minimum Gasteiger partial charge on any atom is -0.396 e. The Hall–Kier alpha value is -2.29. The summed E-state index contributed by atoms with van der Waals surface area (Å²) in [4.78, 5) is 31.7. The van der Waals surface area contributed by atoms with E-state index in [1.165, 1.54) is 11.3 Å². The monoisotopic (exact) mass is 497 g/mol. The lowest BCUT2D eigenvalue weighted by atomic mass is 9.47. The van der Waals surface area contributed by atoms with E-state index in [9.17, 15) is 19.8 Å². The first-order valence-corrected chi connectivity index (χ1v) is 13.5. The lowest BCUT2D eigenvalue weighted by Crippen LogP contribution is -2.57. The number of carbonyl (C=O) groups excluding carboxylic acids is 2. The summed E-state index contributed by atoms with van der Waals surface area (Å²) in [6.45, 7) is 4.04. The quantitative estimate of drug-likeness (QED) is 0.475. The van der Waals surface area contributed by atoms with Gasteiger partial charge in [-0.05, 0) is 55.6 Å². The molecule has 4 N–H and O–H groups in total. The number of hydrogen-bond donors (Lipinski definition) is 4. The van der Waals surface area contributed by atoms with Crippen molar-refractivity contribution in [1.82, 2.24) is 4.98 Å². The Bertz CT molecular complexity index is 1100. The van der Waals surface area contributed by atoms with Crippen LogP contribution in [0.4, 0.5) is 10.8 Å². The van der Waals surface area contributed by atoms with Gasteiger partial charge in [-0.15, -0.1) is 11.3 Å². The van der Waals surface area contributed by atoms with Gasteiger partial charge < -0.3 is 20.8 Å². The van der Waals surface area contributed by atoms with E-state index in [4.69, 9.17) is 4.98 Å². The molecule has 3 aliphatic carbocycles. The molecule has 0 aliphatic heterocycles. The van der Waals surface area contributed by atoms with Crippen molar-refractivity contribution >= 4 is 34.0 Å². The van der Waals surface area contributed by atoms with Gasteiger partial charge in [-0.25, -0.2) is 4.98 Å². The number of nitrogens with one attached hydrogen (secondary N) is 2. The molecule has 5 rings (SSSR count). The van der Waals surface area contributed by atoms with Crippen LogP contribution in [0.25, 0.3) is 0 Å². The van der Waals surface area contributed by atoms with Crippen molar-refractivity contribution in [1.29, 1.82) is 0 Å². The predicted octanol–water partition coefficient (Wildman–Crippen LogP) is 4.33. The van der Waals surface area contributed by atoms with Crippen LogP contribution in [-0.4, -0.2) is 39.7 Å². The van der Waals surface area contributed by atoms with Crippen LogP contribution in [0.1, 0.15) is 68.9 Å². The van der Waals surface area contributed by atoms with E-state index in [0.29, 0.717) is 18.0 Å². The van der Waals surface area contributed by atoms with Crippen molar-refractivity contribution in [2.24, 2.45) is 22.7 Å². The summed E-state index contributed by atoms with van der Waals surface area (Å²) >= 11 is 1.48. The number of carbonyl (C=O) groups is 2. The Labute approximate surface area is 210 Å². The highest BCUT2D eigenvalue weighted by Gasteiger charge is 2.59. The molecule has 2 aromatic rings. The van der Waals surface area contributed by atoms with E-state index < -0.39 is 11.5 Å². The molecular weight excluding hydrogens is 462 g/mol. The van der Waals surface area contributed by atoms with Gasteiger partial charge in [-0.2, -0.15) is 0 Å². The molecule has 3 aliphatic rings. The van der Waals surface area contributed by atoms with Gasteiger partial charge in [0.15, 0.2) is 5.13 Å². The number of fused-ring (bicyclic) bond motifs is 2. The second-order valence-corrected chi connectivity index (χ2v) is 12.2. The minimum atomic E-state index is -0.668. The average Bonchev–Trinajstić information content (AvgIpc) is 3.19. The van der Waals surface area contributed by atoms with E-state index >= 15 is 0 Å². The van der Waals surface area contributed by atoms with Crippen molar-refractivity contribution in [3.05, 3.63) is 40.9 Å². The number of aliphatic hydroxyl groups excluding tert-OH is 2. The van der Waals surface area contributed by atoms with Crippen LogP contribution in [0.2, 0.25) is 0 Å². The topological polar surface area (TPSA) is 112 Å². The van der Waals surface area contributed by atoms with Crippen LogP contribution < -0.4 is 10.6 Å². The van der Waals surface area contributed by atoms with E-state index in [0.717, 1.165) is 41.9 Å².